The van der Waals surface area contributed by atoms with E-state index in [2.05, 4.69) is 25.3 Å². The number of carbonyl (C=O) groups is 4. The van der Waals surface area contributed by atoms with Gasteiger partial charge in [-0.15, -0.1) is 0 Å². The predicted molar refractivity (Wildman–Crippen MR) is 220 cm³/mol. The summed E-state index contributed by atoms with van der Waals surface area (Å²) in [6.07, 6.45) is 12.0. The molecule has 3 aromatic rings. The van der Waals surface area contributed by atoms with E-state index in [1.54, 1.807) is 6.07 Å². The topological polar surface area (TPSA) is 251 Å². The first-order chi connectivity index (χ1) is 29.4. The molecule has 0 unspecified atom stereocenters. The maximum absolute atomic E-state index is 14.5. The van der Waals surface area contributed by atoms with E-state index in [1.165, 1.54) is 48.8 Å². The average Bonchev–Trinajstić information content (AvgIpc) is 3.23. The lowest BCUT2D eigenvalue weighted by molar-refractivity contribution is -0.143. The summed E-state index contributed by atoms with van der Waals surface area (Å²) in [7, 11) is -4.09. The molecule has 336 valence electrons. The molecule has 5 N–H and O–H groups in total. The number of amides is 2. The molecule has 1 heterocycles. The van der Waals surface area contributed by atoms with E-state index >= 15 is 0 Å². The number of anilines is 1. The number of benzene rings is 2. The highest BCUT2D eigenvalue weighted by molar-refractivity contribution is 7.92. The summed E-state index contributed by atoms with van der Waals surface area (Å²) >= 11 is 0. The fraction of sp³-hybridized carbons (Fsp3) is 0.512. The van der Waals surface area contributed by atoms with E-state index in [-0.39, 0.29) is 93.9 Å². The minimum absolute atomic E-state index is 0.0852. The summed E-state index contributed by atoms with van der Waals surface area (Å²) in [6.45, 7) is 0.867. The van der Waals surface area contributed by atoms with Crippen LogP contribution in [0, 0.1) is 5.82 Å². The van der Waals surface area contributed by atoms with E-state index in [4.69, 9.17) is 33.9 Å². The second-order valence-electron chi connectivity index (χ2n) is 13.6. The Bertz CT molecular complexity index is 1890. The molecule has 0 radical (unpaired) electrons. The number of nitrogens with zero attached hydrogens (tertiary/aromatic N) is 2. The molecule has 0 aliphatic heterocycles. The first kappa shape index (κ1) is 50.1. The lowest BCUT2D eigenvalue weighted by atomic mass is 10.0. The number of halogens is 1. The summed E-state index contributed by atoms with van der Waals surface area (Å²) < 4.78 is 69.3. The van der Waals surface area contributed by atoms with E-state index < -0.39 is 34.5 Å². The van der Waals surface area contributed by atoms with Crippen LogP contribution in [0.4, 0.5) is 10.3 Å². The Morgan fingerprint density at radius 2 is 1.20 bits per heavy atom. The van der Waals surface area contributed by atoms with Crippen LogP contribution in [0.5, 0.6) is 11.5 Å². The third-order valence-electron chi connectivity index (χ3n) is 8.67. The molecular formula is C41H56FN5O13S. The van der Waals surface area contributed by atoms with E-state index in [0.717, 1.165) is 57.8 Å². The van der Waals surface area contributed by atoms with Crippen molar-refractivity contribution in [1.82, 2.24) is 20.6 Å². The third kappa shape index (κ3) is 22.2. The Kier molecular flexibility index (Phi) is 23.9. The van der Waals surface area contributed by atoms with Gasteiger partial charge in [-0.2, -0.15) is 0 Å². The van der Waals surface area contributed by atoms with Crippen LogP contribution in [0.15, 0.2) is 59.8 Å². The van der Waals surface area contributed by atoms with Crippen LogP contribution in [0.2, 0.25) is 0 Å². The highest BCUT2D eigenvalue weighted by Gasteiger charge is 2.17. The molecule has 0 aliphatic carbocycles. The third-order valence-corrected chi connectivity index (χ3v) is 10.0. The quantitative estimate of drug-likeness (QED) is 0.0509. The van der Waals surface area contributed by atoms with Gasteiger partial charge in [-0.3, -0.25) is 14.4 Å². The zero-order chi connectivity index (χ0) is 44.1. The molecule has 0 spiro atoms. The van der Waals surface area contributed by atoms with Gasteiger partial charge >= 0.3 is 11.9 Å². The Morgan fingerprint density at radius 1 is 0.639 bits per heavy atom. The maximum atomic E-state index is 14.5. The van der Waals surface area contributed by atoms with Gasteiger partial charge in [0.15, 0.2) is 0 Å². The zero-order valence-electron chi connectivity index (χ0n) is 34.1. The number of carboxylic acid groups (broad SMARTS) is 2. The highest BCUT2D eigenvalue weighted by atomic mass is 32.2. The Morgan fingerprint density at radius 3 is 1.82 bits per heavy atom. The summed E-state index contributed by atoms with van der Waals surface area (Å²) in [5.41, 5.74) is 0.631. The summed E-state index contributed by atoms with van der Waals surface area (Å²) in [5.74, 6) is -2.45. The van der Waals surface area contributed by atoms with Crippen molar-refractivity contribution >= 4 is 39.7 Å². The number of rotatable bonds is 34. The molecule has 0 fully saturated rings. The smallest absolute Gasteiger partial charge is 0.329 e. The van der Waals surface area contributed by atoms with Crippen LogP contribution in [0.1, 0.15) is 80.1 Å². The lowest BCUT2D eigenvalue weighted by Gasteiger charge is -2.11. The lowest BCUT2D eigenvalue weighted by Crippen LogP contribution is -2.31. The van der Waals surface area contributed by atoms with Crippen LogP contribution in [0.3, 0.4) is 0 Å². The van der Waals surface area contributed by atoms with E-state index in [1.807, 2.05) is 0 Å². The monoisotopic (exact) mass is 877 g/mol. The Hall–Kier alpha value is -5.28. The molecule has 0 saturated carbocycles. The molecule has 0 saturated heterocycles. The van der Waals surface area contributed by atoms with Crippen molar-refractivity contribution in [3.63, 3.8) is 0 Å². The minimum Gasteiger partial charge on any atom is -0.481 e. The standard InChI is InChI=1S/C41H56FN5O13S/c42-36-17-14-34(26-31(36)10-8-6-4-2-1-3-5-7-9-11-38(49)50)60-33-12-15-35(16-13-33)61(54,55)47-41-45-27-32(28-46-41)40(53)44-19-21-57-22-24-58-29-37(48)43-18-20-56-23-25-59-30-39(51)52/h12-17,26-28H,1-11,18-25,29-30H2,(H,43,48)(H,44,53)(H,49,50)(H,51,52)(H,45,46,47). The van der Waals surface area contributed by atoms with Crippen LogP contribution >= 0.6 is 0 Å². The van der Waals surface area contributed by atoms with Crippen molar-refractivity contribution in [3.05, 3.63) is 71.8 Å². The van der Waals surface area contributed by atoms with Crippen molar-refractivity contribution in [1.29, 1.82) is 0 Å². The van der Waals surface area contributed by atoms with Gasteiger partial charge in [0.05, 0.1) is 50.1 Å². The number of hydrogen-bond acceptors (Lipinski definition) is 13. The molecular weight excluding hydrogens is 822 g/mol. The number of aryl methyl sites for hydroxylation is 1. The average molecular weight is 878 g/mol. The Balaban J connectivity index is 1.28. The summed E-state index contributed by atoms with van der Waals surface area (Å²) in [4.78, 5) is 53.0. The zero-order valence-corrected chi connectivity index (χ0v) is 34.9. The second kappa shape index (κ2) is 29.1. The normalized spacial score (nSPS) is 11.2. The molecule has 18 nitrogen and oxygen atoms in total. The first-order valence-electron chi connectivity index (χ1n) is 20.1. The fourth-order valence-electron chi connectivity index (χ4n) is 5.55. The number of carboxylic acids is 2. The fourth-order valence-corrected chi connectivity index (χ4v) is 6.51. The molecule has 0 bridgehead atoms. The SMILES string of the molecule is O=C(O)CCCCCCCCCCCc1cc(Oc2ccc(S(=O)(=O)Nc3ncc(C(=O)NCCOCCOCC(=O)NCCOCCOCC(=O)O)cn3)cc2)ccc1F. The number of ether oxygens (including phenoxy) is 5. The largest absolute Gasteiger partial charge is 0.481 e. The van der Waals surface area contributed by atoms with Gasteiger partial charge in [0.25, 0.3) is 15.9 Å². The molecule has 0 atom stereocenters. The molecule has 2 amide bonds. The minimum atomic E-state index is -4.09. The second-order valence-corrected chi connectivity index (χ2v) is 15.3. The molecule has 2 aromatic carbocycles. The molecule has 3 rings (SSSR count). The maximum Gasteiger partial charge on any atom is 0.329 e. The van der Waals surface area contributed by atoms with Gasteiger partial charge < -0.3 is 44.5 Å². The highest BCUT2D eigenvalue weighted by Crippen LogP contribution is 2.26. The number of unbranched alkanes of at least 4 members (excludes halogenated alkanes) is 8. The van der Waals surface area contributed by atoms with Crippen LogP contribution in [-0.2, 0) is 49.8 Å². The van der Waals surface area contributed by atoms with E-state index in [0.29, 0.717) is 23.5 Å². The van der Waals surface area contributed by atoms with Gasteiger partial charge in [0.2, 0.25) is 11.9 Å². The molecule has 61 heavy (non-hydrogen) atoms. The van der Waals surface area contributed by atoms with Gasteiger partial charge in [0, 0.05) is 31.9 Å². The Labute approximate surface area is 354 Å². The van der Waals surface area contributed by atoms with Crippen molar-refractivity contribution in [2.75, 3.05) is 70.7 Å². The van der Waals surface area contributed by atoms with Crippen molar-refractivity contribution in [2.24, 2.45) is 0 Å². The van der Waals surface area contributed by atoms with Gasteiger partial charge in [-0.1, -0.05) is 44.9 Å². The number of nitrogens with one attached hydrogen (secondary N) is 3. The van der Waals surface area contributed by atoms with Crippen molar-refractivity contribution in [2.45, 2.75) is 75.5 Å². The number of aliphatic carboxylic acids is 2. The van der Waals surface area contributed by atoms with Crippen LogP contribution < -0.4 is 20.1 Å². The van der Waals surface area contributed by atoms with E-state index in [9.17, 15) is 32.0 Å². The molecule has 0 aliphatic rings. The van der Waals surface area contributed by atoms with Gasteiger partial charge in [-0.25, -0.2) is 32.3 Å². The number of sulfonamides is 1. The van der Waals surface area contributed by atoms with Crippen molar-refractivity contribution < 1.29 is 65.9 Å². The number of carbonyl (C=O) groups excluding carboxylic acids is 2. The summed E-state index contributed by atoms with van der Waals surface area (Å²) in [5, 5.41) is 22.4. The first-order valence-corrected chi connectivity index (χ1v) is 21.6. The van der Waals surface area contributed by atoms with Crippen LogP contribution in [0.25, 0.3) is 0 Å². The predicted octanol–water partition coefficient (Wildman–Crippen LogP) is 4.73. The number of hydrogen-bond donors (Lipinski definition) is 5. The van der Waals surface area contributed by atoms with Gasteiger partial charge in [0.1, 0.15) is 30.5 Å². The van der Waals surface area contributed by atoms with Gasteiger partial charge in [-0.05, 0) is 67.3 Å². The molecule has 1 aromatic heterocycles. The number of aromatic nitrogens is 2. The molecule has 20 heteroatoms. The van der Waals surface area contributed by atoms with Crippen LogP contribution in [-0.4, -0.2) is 118 Å². The van der Waals surface area contributed by atoms with Crippen molar-refractivity contribution in [3.8, 4) is 11.5 Å². The summed E-state index contributed by atoms with van der Waals surface area (Å²) in [6, 6.07) is 10.2.